The van der Waals surface area contributed by atoms with Crippen molar-refractivity contribution in [1.29, 1.82) is 0 Å². The lowest BCUT2D eigenvalue weighted by Gasteiger charge is -2.07. The zero-order valence-electron chi connectivity index (χ0n) is 7.34. The van der Waals surface area contributed by atoms with Crippen LogP contribution in [0.25, 0.3) is 0 Å². The van der Waals surface area contributed by atoms with E-state index >= 15 is 0 Å². The van der Waals surface area contributed by atoms with E-state index in [1.807, 2.05) is 12.1 Å². The van der Waals surface area contributed by atoms with Crippen LogP contribution in [0.3, 0.4) is 0 Å². The summed E-state index contributed by atoms with van der Waals surface area (Å²) in [5.74, 6) is 0.755. The van der Waals surface area contributed by atoms with Gasteiger partial charge in [0.15, 0.2) is 5.75 Å². The summed E-state index contributed by atoms with van der Waals surface area (Å²) in [6.07, 6.45) is 4.77. The number of ether oxygens (including phenoxy) is 1. The van der Waals surface area contributed by atoms with Gasteiger partial charge >= 0.3 is 0 Å². The second kappa shape index (κ2) is 2.77. The van der Waals surface area contributed by atoms with E-state index in [0.717, 1.165) is 22.0 Å². The molecular formula is C10H7N3O. The molecule has 3 rings (SSSR count). The molecule has 2 aliphatic rings. The van der Waals surface area contributed by atoms with Crippen LogP contribution < -0.4 is 15.5 Å². The normalized spacial score (nSPS) is 16.0. The minimum absolute atomic E-state index is 0.672. The maximum absolute atomic E-state index is 5.31. The summed E-state index contributed by atoms with van der Waals surface area (Å²) < 4.78 is 5.31. The summed E-state index contributed by atoms with van der Waals surface area (Å²) in [5.41, 5.74) is 1.09. The number of benzene rings is 1. The third-order valence-corrected chi connectivity index (χ3v) is 2.17. The van der Waals surface area contributed by atoms with E-state index in [4.69, 9.17) is 4.74 Å². The highest BCUT2D eigenvalue weighted by molar-refractivity contribution is 5.57. The van der Waals surface area contributed by atoms with Crippen molar-refractivity contribution in [3.05, 3.63) is 40.9 Å². The molecule has 0 N–H and O–H groups in total. The van der Waals surface area contributed by atoms with Crippen molar-refractivity contribution in [2.45, 2.75) is 6.54 Å². The SMILES string of the molecule is C1=COc2cc3c(cc2=N1)CN=CN=3. The maximum Gasteiger partial charge on any atom is 0.154 e. The topological polar surface area (TPSA) is 46.3 Å². The van der Waals surface area contributed by atoms with Crippen LogP contribution in [-0.2, 0) is 6.54 Å². The molecule has 0 amide bonds. The molecule has 0 saturated carbocycles. The first kappa shape index (κ1) is 7.44. The smallest absolute Gasteiger partial charge is 0.154 e. The van der Waals surface area contributed by atoms with Crippen LogP contribution in [0.4, 0.5) is 0 Å². The van der Waals surface area contributed by atoms with Gasteiger partial charge in [-0.25, -0.2) is 9.98 Å². The minimum Gasteiger partial charge on any atom is -0.461 e. The number of hydrogen-bond donors (Lipinski definition) is 0. The van der Waals surface area contributed by atoms with E-state index in [1.165, 1.54) is 0 Å². The highest BCUT2D eigenvalue weighted by Gasteiger charge is 2.06. The summed E-state index contributed by atoms with van der Waals surface area (Å²) in [5, 5.41) is 1.77. The molecule has 1 aromatic carbocycles. The molecule has 68 valence electrons. The number of rotatable bonds is 0. The molecule has 0 unspecified atom stereocenters. The Morgan fingerprint density at radius 1 is 1.14 bits per heavy atom. The van der Waals surface area contributed by atoms with E-state index in [2.05, 4.69) is 15.0 Å². The van der Waals surface area contributed by atoms with Crippen molar-refractivity contribution in [2.75, 3.05) is 0 Å². The Kier molecular flexibility index (Phi) is 1.47. The van der Waals surface area contributed by atoms with Crippen LogP contribution in [-0.4, -0.2) is 6.34 Å². The molecule has 0 atom stereocenters. The van der Waals surface area contributed by atoms with Crippen LogP contribution in [0.2, 0.25) is 0 Å². The molecule has 0 spiro atoms. The van der Waals surface area contributed by atoms with Gasteiger partial charge in [0.2, 0.25) is 0 Å². The van der Waals surface area contributed by atoms with Gasteiger partial charge in [0, 0.05) is 11.6 Å². The highest BCUT2D eigenvalue weighted by atomic mass is 16.5. The van der Waals surface area contributed by atoms with E-state index < -0.39 is 0 Å². The van der Waals surface area contributed by atoms with Gasteiger partial charge in [-0.2, -0.15) is 0 Å². The van der Waals surface area contributed by atoms with Crippen LogP contribution >= 0.6 is 0 Å². The monoisotopic (exact) mass is 185 g/mol. The predicted molar refractivity (Wildman–Crippen MR) is 50.7 cm³/mol. The fraction of sp³-hybridized carbons (Fsp3) is 0.100. The Balaban J connectivity index is 2.35. The Morgan fingerprint density at radius 2 is 2.14 bits per heavy atom. The molecule has 2 aliphatic heterocycles. The van der Waals surface area contributed by atoms with E-state index in [-0.39, 0.29) is 0 Å². The first-order chi connectivity index (χ1) is 6.93. The van der Waals surface area contributed by atoms with E-state index in [9.17, 15) is 0 Å². The first-order valence-electron chi connectivity index (χ1n) is 4.32. The Labute approximate surface area is 80.0 Å². The lowest BCUT2D eigenvalue weighted by atomic mass is 10.1. The van der Waals surface area contributed by atoms with Gasteiger partial charge in [0.1, 0.15) is 18.0 Å². The molecule has 14 heavy (non-hydrogen) atoms. The molecule has 4 heteroatoms. The summed E-state index contributed by atoms with van der Waals surface area (Å²) in [7, 11) is 0. The summed E-state index contributed by atoms with van der Waals surface area (Å²) in [6.45, 7) is 0.672. The van der Waals surface area contributed by atoms with Gasteiger partial charge in [0.05, 0.1) is 18.1 Å². The van der Waals surface area contributed by atoms with Gasteiger partial charge in [-0.05, 0) is 6.07 Å². The quantitative estimate of drug-likeness (QED) is 0.574. The third-order valence-electron chi connectivity index (χ3n) is 2.17. The molecule has 0 saturated heterocycles. The average molecular weight is 185 g/mol. The minimum atomic E-state index is 0.672. The first-order valence-corrected chi connectivity index (χ1v) is 4.32. The largest absolute Gasteiger partial charge is 0.461 e. The molecule has 2 heterocycles. The molecule has 0 radical (unpaired) electrons. The van der Waals surface area contributed by atoms with Gasteiger partial charge in [-0.1, -0.05) is 0 Å². The van der Waals surface area contributed by atoms with Gasteiger partial charge in [-0.3, -0.25) is 4.99 Å². The van der Waals surface area contributed by atoms with Gasteiger partial charge in [0.25, 0.3) is 0 Å². The molecule has 4 nitrogen and oxygen atoms in total. The maximum atomic E-state index is 5.31. The van der Waals surface area contributed by atoms with Crippen molar-refractivity contribution in [3.8, 4) is 5.75 Å². The fourth-order valence-corrected chi connectivity index (χ4v) is 1.50. The van der Waals surface area contributed by atoms with Crippen LogP contribution in [0.15, 0.2) is 39.6 Å². The third kappa shape index (κ3) is 1.04. The lowest BCUT2D eigenvalue weighted by molar-refractivity contribution is 0.465. The number of hydrogen-bond acceptors (Lipinski definition) is 4. The number of nitrogens with zero attached hydrogens (tertiary/aromatic N) is 3. The van der Waals surface area contributed by atoms with Crippen molar-refractivity contribution in [3.63, 3.8) is 0 Å². The summed E-state index contributed by atoms with van der Waals surface area (Å²) >= 11 is 0. The molecule has 0 bridgehead atoms. The highest BCUT2D eigenvalue weighted by Crippen LogP contribution is 2.06. The van der Waals surface area contributed by atoms with E-state index in [1.54, 1.807) is 18.8 Å². The number of aliphatic imine (C=N–C) groups is 1. The number of fused-ring (bicyclic) bond motifs is 2. The van der Waals surface area contributed by atoms with Crippen LogP contribution in [0, 0.1) is 0 Å². The Morgan fingerprint density at radius 3 is 3.14 bits per heavy atom. The summed E-state index contributed by atoms with van der Waals surface area (Å²) in [4.78, 5) is 12.4. The molecule has 0 aliphatic carbocycles. The van der Waals surface area contributed by atoms with Crippen molar-refractivity contribution >= 4 is 6.34 Å². The van der Waals surface area contributed by atoms with Crippen molar-refractivity contribution in [2.24, 2.45) is 15.0 Å². The molecule has 1 aromatic rings. The zero-order chi connectivity index (χ0) is 9.38. The van der Waals surface area contributed by atoms with Crippen LogP contribution in [0.5, 0.6) is 5.75 Å². The van der Waals surface area contributed by atoms with Crippen molar-refractivity contribution < 1.29 is 4.74 Å². The molecule has 0 aromatic heterocycles. The Hall–Kier alpha value is -1.97. The van der Waals surface area contributed by atoms with Gasteiger partial charge < -0.3 is 4.74 Å². The zero-order valence-corrected chi connectivity index (χ0v) is 7.34. The summed E-state index contributed by atoms with van der Waals surface area (Å²) in [6, 6.07) is 3.86. The van der Waals surface area contributed by atoms with E-state index in [0.29, 0.717) is 6.54 Å². The molecule has 0 fully saturated rings. The predicted octanol–water partition coefficient (Wildman–Crippen LogP) is 0.331. The second-order valence-electron chi connectivity index (χ2n) is 3.07. The lowest BCUT2D eigenvalue weighted by Crippen LogP contribution is -2.20. The standard InChI is InChI=1S/C10H7N3O/c1-2-14-10-4-8-7(3-9(10)12-1)5-11-6-13-8/h1-4,6H,5H2. The van der Waals surface area contributed by atoms with Crippen LogP contribution in [0.1, 0.15) is 5.56 Å². The second-order valence-corrected chi connectivity index (χ2v) is 3.07. The van der Waals surface area contributed by atoms with Gasteiger partial charge in [-0.15, -0.1) is 0 Å². The molecular weight excluding hydrogens is 178 g/mol. The average Bonchev–Trinajstić information content (AvgIpc) is 2.26. The Bertz CT molecular complexity index is 506. The van der Waals surface area contributed by atoms with Crippen molar-refractivity contribution in [1.82, 2.24) is 0 Å². The fourth-order valence-electron chi connectivity index (χ4n) is 1.50.